The van der Waals surface area contributed by atoms with Crippen molar-refractivity contribution >= 4 is 16.7 Å². The van der Waals surface area contributed by atoms with Crippen LogP contribution in [0.1, 0.15) is 60.0 Å². The van der Waals surface area contributed by atoms with Crippen LogP contribution in [0.3, 0.4) is 0 Å². The van der Waals surface area contributed by atoms with Gasteiger partial charge in [-0.3, -0.25) is 0 Å². The lowest BCUT2D eigenvalue weighted by Crippen LogP contribution is -2.49. The van der Waals surface area contributed by atoms with Crippen LogP contribution >= 0.6 is 0 Å². The molecule has 0 saturated heterocycles. The van der Waals surface area contributed by atoms with E-state index < -0.39 is 0 Å². The molecule has 4 bridgehead atoms. The Morgan fingerprint density at radius 1 is 1.12 bits per heavy atom. The van der Waals surface area contributed by atoms with E-state index >= 15 is 0 Å². The van der Waals surface area contributed by atoms with Gasteiger partial charge in [-0.15, -0.1) is 6.42 Å². The molecule has 0 spiro atoms. The van der Waals surface area contributed by atoms with Gasteiger partial charge >= 0.3 is 5.97 Å². The van der Waals surface area contributed by atoms with Gasteiger partial charge in [0.05, 0.1) is 12.7 Å². The lowest BCUT2D eigenvalue weighted by atomic mass is 9.47. The van der Waals surface area contributed by atoms with Crippen molar-refractivity contribution in [1.82, 2.24) is 0 Å². The molecule has 0 N–H and O–H groups in total. The van der Waals surface area contributed by atoms with Gasteiger partial charge in [0.1, 0.15) is 0 Å². The summed E-state index contributed by atoms with van der Waals surface area (Å²) in [7, 11) is 1.46. The number of hydrogen-bond acceptors (Lipinski definition) is 2. The quantitative estimate of drug-likeness (QED) is 0.561. The molecular weight excluding hydrogens is 320 g/mol. The zero-order chi connectivity index (χ0) is 17.9. The van der Waals surface area contributed by atoms with Crippen molar-refractivity contribution in [2.24, 2.45) is 17.8 Å². The van der Waals surface area contributed by atoms with E-state index in [0.717, 1.165) is 34.1 Å². The lowest BCUT2D eigenvalue weighted by molar-refractivity contribution is -0.00588. The third kappa shape index (κ3) is 2.16. The molecule has 2 aromatic carbocycles. The number of benzene rings is 2. The summed E-state index contributed by atoms with van der Waals surface area (Å²) in [5, 5.41) is 2.11. The number of rotatable bonds is 2. The lowest BCUT2D eigenvalue weighted by Gasteiger charge is -2.57. The molecule has 4 aliphatic rings. The highest BCUT2D eigenvalue weighted by Gasteiger charge is 2.52. The van der Waals surface area contributed by atoms with Crippen LogP contribution in [0.5, 0.6) is 0 Å². The Labute approximate surface area is 154 Å². The van der Waals surface area contributed by atoms with Gasteiger partial charge in [-0.1, -0.05) is 30.2 Å². The van der Waals surface area contributed by atoms with Gasteiger partial charge in [0.15, 0.2) is 0 Å². The predicted molar refractivity (Wildman–Crippen MR) is 103 cm³/mol. The van der Waals surface area contributed by atoms with Gasteiger partial charge < -0.3 is 4.74 Å². The van der Waals surface area contributed by atoms with Crippen LogP contribution in [0, 0.1) is 30.1 Å². The number of esters is 1. The molecule has 4 saturated carbocycles. The summed E-state index contributed by atoms with van der Waals surface area (Å²) >= 11 is 0. The Balaban J connectivity index is 1.80. The van der Waals surface area contributed by atoms with E-state index in [-0.39, 0.29) is 11.4 Å². The van der Waals surface area contributed by atoms with Crippen LogP contribution in [-0.2, 0) is 10.2 Å². The Hall–Kier alpha value is -2.27. The van der Waals surface area contributed by atoms with E-state index in [2.05, 4.69) is 18.1 Å². The molecule has 0 heterocycles. The molecule has 0 unspecified atom stereocenters. The van der Waals surface area contributed by atoms with Crippen molar-refractivity contribution in [3.8, 4) is 12.3 Å². The summed E-state index contributed by atoms with van der Waals surface area (Å²) < 4.78 is 5.20. The van der Waals surface area contributed by atoms with Crippen molar-refractivity contribution in [3.05, 3.63) is 47.0 Å². The average Bonchev–Trinajstić information content (AvgIpc) is 2.64. The fourth-order valence-electron chi connectivity index (χ4n) is 6.67. The van der Waals surface area contributed by atoms with Crippen molar-refractivity contribution in [1.29, 1.82) is 0 Å². The molecule has 4 fully saturated rings. The van der Waals surface area contributed by atoms with Crippen LogP contribution in [0.15, 0.2) is 30.3 Å². The molecule has 2 heteroatoms. The minimum Gasteiger partial charge on any atom is -0.465 e. The standard InChI is InChI=1S/C24H24O2/c1-3-19-20-7-5-4-6-18(20)11-21(22(19)23(25)26-2)24-12-15-8-16(13-24)10-17(9-15)14-24/h1,4-7,11,15-17H,8-10,12-14H2,2H3. The molecule has 0 atom stereocenters. The van der Waals surface area contributed by atoms with Gasteiger partial charge in [0.2, 0.25) is 0 Å². The number of ether oxygens (including phenoxy) is 1. The molecule has 0 amide bonds. The third-order valence-electron chi connectivity index (χ3n) is 7.19. The van der Waals surface area contributed by atoms with Crippen LogP contribution < -0.4 is 0 Å². The number of terminal acetylenes is 1. The summed E-state index contributed by atoms with van der Waals surface area (Å²) in [4.78, 5) is 12.8. The molecule has 2 nitrogen and oxygen atoms in total. The van der Waals surface area contributed by atoms with Gasteiger partial charge in [-0.25, -0.2) is 4.79 Å². The van der Waals surface area contributed by atoms with Gasteiger partial charge in [-0.2, -0.15) is 0 Å². The van der Waals surface area contributed by atoms with E-state index in [1.54, 1.807) is 0 Å². The van der Waals surface area contributed by atoms with Crippen LogP contribution in [0.2, 0.25) is 0 Å². The minimum atomic E-state index is -0.283. The largest absolute Gasteiger partial charge is 0.465 e. The number of carbonyl (C=O) groups excluding carboxylic acids is 1. The van der Waals surface area contributed by atoms with Crippen LogP contribution in [0.4, 0.5) is 0 Å². The molecule has 0 radical (unpaired) electrons. The van der Waals surface area contributed by atoms with Crippen LogP contribution in [0.25, 0.3) is 10.8 Å². The van der Waals surface area contributed by atoms with E-state index in [0.29, 0.717) is 11.1 Å². The predicted octanol–water partition coefficient (Wildman–Crippen LogP) is 5.08. The maximum Gasteiger partial charge on any atom is 0.339 e. The summed E-state index contributed by atoms with van der Waals surface area (Å²) in [5.74, 6) is 4.98. The van der Waals surface area contributed by atoms with E-state index in [4.69, 9.17) is 11.2 Å². The van der Waals surface area contributed by atoms with E-state index in [1.165, 1.54) is 45.6 Å². The Morgan fingerprint density at radius 3 is 2.31 bits per heavy atom. The summed E-state index contributed by atoms with van der Waals surface area (Å²) in [6.45, 7) is 0. The molecule has 132 valence electrons. The van der Waals surface area contributed by atoms with Gasteiger partial charge in [0.25, 0.3) is 0 Å². The van der Waals surface area contributed by atoms with Crippen molar-refractivity contribution in [2.45, 2.75) is 43.9 Å². The average molecular weight is 344 g/mol. The highest BCUT2D eigenvalue weighted by Crippen LogP contribution is 2.61. The smallest absolute Gasteiger partial charge is 0.339 e. The highest BCUT2D eigenvalue weighted by molar-refractivity contribution is 6.03. The summed E-state index contributed by atoms with van der Waals surface area (Å²) in [6.07, 6.45) is 13.6. The highest BCUT2D eigenvalue weighted by atomic mass is 16.5. The first-order chi connectivity index (χ1) is 12.6. The number of fused-ring (bicyclic) bond motifs is 1. The molecule has 4 aliphatic carbocycles. The van der Waals surface area contributed by atoms with Crippen molar-refractivity contribution < 1.29 is 9.53 Å². The topological polar surface area (TPSA) is 26.3 Å². The number of carbonyl (C=O) groups is 1. The monoisotopic (exact) mass is 344 g/mol. The second kappa shape index (κ2) is 5.61. The van der Waals surface area contributed by atoms with E-state index in [9.17, 15) is 4.79 Å². The van der Waals surface area contributed by atoms with E-state index in [1.807, 2.05) is 18.2 Å². The third-order valence-corrected chi connectivity index (χ3v) is 7.19. The minimum absolute atomic E-state index is 0.105. The maximum atomic E-state index is 12.8. The second-order valence-corrected chi connectivity index (χ2v) is 8.73. The van der Waals surface area contributed by atoms with Gasteiger partial charge in [0, 0.05) is 5.56 Å². The normalized spacial score (nSPS) is 31.8. The first-order valence-electron chi connectivity index (χ1n) is 9.74. The van der Waals surface area contributed by atoms with Gasteiger partial charge in [-0.05, 0) is 84.1 Å². The first kappa shape index (κ1) is 15.9. The zero-order valence-electron chi connectivity index (χ0n) is 15.3. The fourth-order valence-corrected chi connectivity index (χ4v) is 6.67. The summed E-state index contributed by atoms with van der Waals surface area (Å²) in [5.41, 5.74) is 2.62. The van der Waals surface area contributed by atoms with Crippen molar-refractivity contribution in [2.75, 3.05) is 7.11 Å². The molecule has 0 aromatic heterocycles. The number of methoxy groups -OCH3 is 1. The molecular formula is C24H24O2. The SMILES string of the molecule is C#Cc1c(C(=O)OC)c(C23CC4CC(CC(C4)C2)C3)cc2ccccc12. The Morgan fingerprint density at radius 2 is 1.73 bits per heavy atom. The first-order valence-corrected chi connectivity index (χ1v) is 9.74. The fraction of sp³-hybridized carbons (Fsp3) is 0.458. The second-order valence-electron chi connectivity index (χ2n) is 8.73. The summed E-state index contributed by atoms with van der Waals surface area (Å²) in [6, 6.07) is 10.4. The van der Waals surface area contributed by atoms with Crippen molar-refractivity contribution in [3.63, 3.8) is 0 Å². The molecule has 0 aliphatic heterocycles. The maximum absolute atomic E-state index is 12.8. The van der Waals surface area contributed by atoms with Crippen LogP contribution in [-0.4, -0.2) is 13.1 Å². The molecule has 6 rings (SSSR count). The molecule has 2 aromatic rings. The zero-order valence-corrected chi connectivity index (χ0v) is 15.3. The molecule has 26 heavy (non-hydrogen) atoms. The Kier molecular flexibility index (Phi) is 3.44. The number of hydrogen-bond donors (Lipinski definition) is 0. The Bertz CT molecular complexity index is 911.